The van der Waals surface area contributed by atoms with Crippen molar-refractivity contribution in [1.29, 1.82) is 0 Å². The number of nitrogens with one attached hydrogen (secondary N) is 1. The third-order valence-electron chi connectivity index (χ3n) is 3.38. The number of hydrogen-bond donors (Lipinski definition) is 1. The quantitative estimate of drug-likeness (QED) is 0.805. The Labute approximate surface area is 120 Å². The molecular formula is C15H24N4O. The van der Waals surface area contributed by atoms with Gasteiger partial charge in [-0.15, -0.1) is 0 Å². The molecule has 2 aromatic heterocycles. The number of rotatable bonds is 8. The van der Waals surface area contributed by atoms with E-state index in [2.05, 4.69) is 36.2 Å². The van der Waals surface area contributed by atoms with Crippen LogP contribution in [0.1, 0.15) is 49.9 Å². The van der Waals surface area contributed by atoms with Gasteiger partial charge < -0.3 is 9.73 Å². The van der Waals surface area contributed by atoms with Gasteiger partial charge in [-0.1, -0.05) is 13.8 Å². The van der Waals surface area contributed by atoms with Gasteiger partial charge in [-0.2, -0.15) is 5.10 Å². The Bertz CT molecular complexity index is 517. The summed E-state index contributed by atoms with van der Waals surface area (Å²) < 4.78 is 7.64. The fourth-order valence-corrected chi connectivity index (χ4v) is 2.34. The van der Waals surface area contributed by atoms with Gasteiger partial charge in [0.1, 0.15) is 17.9 Å². The second-order valence-electron chi connectivity index (χ2n) is 5.08. The van der Waals surface area contributed by atoms with E-state index in [4.69, 9.17) is 4.42 Å². The molecule has 0 aliphatic carbocycles. The number of aryl methyl sites for hydroxylation is 2. The fourth-order valence-electron chi connectivity index (χ4n) is 2.34. The zero-order valence-electron chi connectivity index (χ0n) is 12.6. The molecule has 2 rings (SSSR count). The van der Waals surface area contributed by atoms with Crippen LogP contribution in [-0.4, -0.2) is 21.3 Å². The molecule has 0 aliphatic heterocycles. The van der Waals surface area contributed by atoms with Crippen LogP contribution >= 0.6 is 0 Å². The van der Waals surface area contributed by atoms with E-state index >= 15 is 0 Å². The van der Waals surface area contributed by atoms with Crippen LogP contribution in [0.15, 0.2) is 23.1 Å². The SMILES string of the molecule is CCCNC(Cc1ncnn1CCC)c1occc1C. The van der Waals surface area contributed by atoms with E-state index in [0.717, 1.165) is 43.9 Å². The molecular weight excluding hydrogens is 252 g/mol. The Morgan fingerprint density at radius 3 is 2.85 bits per heavy atom. The number of aromatic nitrogens is 3. The van der Waals surface area contributed by atoms with Crippen molar-refractivity contribution in [3.05, 3.63) is 35.8 Å². The topological polar surface area (TPSA) is 55.9 Å². The zero-order valence-corrected chi connectivity index (χ0v) is 12.6. The molecule has 0 saturated heterocycles. The maximum atomic E-state index is 5.65. The molecule has 0 bridgehead atoms. The molecule has 2 heterocycles. The van der Waals surface area contributed by atoms with Crippen molar-refractivity contribution < 1.29 is 4.42 Å². The van der Waals surface area contributed by atoms with Crippen LogP contribution in [0.5, 0.6) is 0 Å². The highest BCUT2D eigenvalue weighted by Gasteiger charge is 2.19. The first-order chi connectivity index (χ1) is 9.76. The van der Waals surface area contributed by atoms with Crippen LogP contribution < -0.4 is 5.32 Å². The minimum atomic E-state index is 0.157. The molecule has 0 aromatic carbocycles. The molecule has 5 heteroatoms. The lowest BCUT2D eigenvalue weighted by molar-refractivity contribution is 0.396. The van der Waals surface area contributed by atoms with Gasteiger partial charge >= 0.3 is 0 Å². The highest BCUT2D eigenvalue weighted by atomic mass is 16.3. The highest BCUT2D eigenvalue weighted by Crippen LogP contribution is 2.22. The van der Waals surface area contributed by atoms with E-state index in [0.29, 0.717) is 0 Å². The Morgan fingerprint density at radius 1 is 1.35 bits per heavy atom. The molecule has 0 amide bonds. The first-order valence-corrected chi connectivity index (χ1v) is 7.40. The van der Waals surface area contributed by atoms with Crippen molar-refractivity contribution in [3.8, 4) is 0 Å². The molecule has 0 aliphatic rings. The standard InChI is InChI=1S/C15H24N4O/c1-4-7-16-13(15-12(3)6-9-20-15)10-14-17-11-18-19(14)8-5-2/h6,9,11,13,16H,4-5,7-8,10H2,1-3H3. The van der Waals surface area contributed by atoms with Gasteiger partial charge in [0.05, 0.1) is 12.3 Å². The molecule has 1 unspecified atom stereocenters. The first kappa shape index (κ1) is 14.8. The molecule has 5 nitrogen and oxygen atoms in total. The predicted octanol–water partition coefficient (Wildman–Crippen LogP) is 2.87. The van der Waals surface area contributed by atoms with E-state index < -0.39 is 0 Å². The summed E-state index contributed by atoms with van der Waals surface area (Å²) in [4.78, 5) is 4.39. The minimum Gasteiger partial charge on any atom is -0.467 e. The fraction of sp³-hybridized carbons (Fsp3) is 0.600. The molecule has 0 spiro atoms. The van der Waals surface area contributed by atoms with E-state index in [1.807, 2.05) is 10.7 Å². The van der Waals surface area contributed by atoms with E-state index in [1.54, 1.807) is 12.6 Å². The molecule has 0 saturated carbocycles. The second kappa shape index (κ2) is 7.24. The summed E-state index contributed by atoms with van der Waals surface area (Å²) in [6.07, 6.45) is 6.34. The molecule has 0 fully saturated rings. The van der Waals surface area contributed by atoms with Gasteiger partial charge in [0, 0.05) is 13.0 Å². The van der Waals surface area contributed by atoms with Gasteiger partial charge in [-0.3, -0.25) is 4.68 Å². The van der Waals surface area contributed by atoms with E-state index in [1.165, 1.54) is 5.56 Å². The Hall–Kier alpha value is -1.62. The second-order valence-corrected chi connectivity index (χ2v) is 5.08. The van der Waals surface area contributed by atoms with Gasteiger partial charge in [-0.05, 0) is 37.9 Å². The summed E-state index contributed by atoms with van der Waals surface area (Å²) in [5.41, 5.74) is 1.18. The van der Waals surface area contributed by atoms with Gasteiger partial charge in [-0.25, -0.2) is 4.98 Å². The third kappa shape index (κ3) is 3.48. The lowest BCUT2D eigenvalue weighted by Crippen LogP contribution is -2.25. The van der Waals surface area contributed by atoms with Crippen LogP contribution in [0.2, 0.25) is 0 Å². The predicted molar refractivity (Wildman–Crippen MR) is 78.5 cm³/mol. The largest absolute Gasteiger partial charge is 0.467 e. The van der Waals surface area contributed by atoms with Crippen molar-refractivity contribution in [3.63, 3.8) is 0 Å². The van der Waals surface area contributed by atoms with Gasteiger partial charge in [0.15, 0.2) is 0 Å². The maximum Gasteiger partial charge on any atom is 0.138 e. The number of hydrogen-bond acceptors (Lipinski definition) is 4. The summed E-state index contributed by atoms with van der Waals surface area (Å²) in [6, 6.07) is 2.16. The molecule has 0 radical (unpaired) electrons. The molecule has 20 heavy (non-hydrogen) atoms. The summed E-state index contributed by atoms with van der Waals surface area (Å²) >= 11 is 0. The lowest BCUT2D eigenvalue weighted by atomic mass is 10.1. The normalized spacial score (nSPS) is 12.8. The van der Waals surface area contributed by atoms with Crippen molar-refractivity contribution >= 4 is 0 Å². The van der Waals surface area contributed by atoms with E-state index in [9.17, 15) is 0 Å². The van der Waals surface area contributed by atoms with Crippen molar-refractivity contribution in [2.24, 2.45) is 0 Å². The number of nitrogens with zero attached hydrogens (tertiary/aromatic N) is 3. The van der Waals surface area contributed by atoms with Crippen LogP contribution in [0.4, 0.5) is 0 Å². The lowest BCUT2D eigenvalue weighted by Gasteiger charge is -2.17. The van der Waals surface area contributed by atoms with Crippen LogP contribution in [0.3, 0.4) is 0 Å². The summed E-state index contributed by atoms with van der Waals surface area (Å²) in [5, 5.41) is 7.84. The first-order valence-electron chi connectivity index (χ1n) is 7.40. The van der Waals surface area contributed by atoms with Crippen molar-refractivity contribution in [1.82, 2.24) is 20.1 Å². The zero-order chi connectivity index (χ0) is 14.4. The van der Waals surface area contributed by atoms with Gasteiger partial charge in [0.2, 0.25) is 0 Å². The highest BCUT2D eigenvalue weighted by molar-refractivity contribution is 5.19. The molecule has 1 N–H and O–H groups in total. The Morgan fingerprint density at radius 2 is 2.20 bits per heavy atom. The Balaban J connectivity index is 2.15. The number of furan rings is 1. The van der Waals surface area contributed by atoms with E-state index in [-0.39, 0.29) is 6.04 Å². The van der Waals surface area contributed by atoms with Crippen molar-refractivity contribution in [2.75, 3.05) is 6.54 Å². The summed E-state index contributed by atoms with van der Waals surface area (Å²) in [7, 11) is 0. The van der Waals surface area contributed by atoms with Crippen LogP contribution in [0.25, 0.3) is 0 Å². The smallest absolute Gasteiger partial charge is 0.138 e. The average molecular weight is 276 g/mol. The van der Waals surface area contributed by atoms with Crippen LogP contribution in [0, 0.1) is 6.92 Å². The monoisotopic (exact) mass is 276 g/mol. The third-order valence-corrected chi connectivity index (χ3v) is 3.38. The van der Waals surface area contributed by atoms with Crippen LogP contribution in [-0.2, 0) is 13.0 Å². The summed E-state index contributed by atoms with van der Waals surface area (Å²) in [6.45, 7) is 8.27. The Kier molecular flexibility index (Phi) is 5.35. The van der Waals surface area contributed by atoms with Crippen molar-refractivity contribution in [2.45, 2.75) is 52.6 Å². The maximum absolute atomic E-state index is 5.65. The minimum absolute atomic E-state index is 0.157. The molecule has 2 aromatic rings. The average Bonchev–Trinajstić information content (AvgIpc) is 3.04. The molecule has 110 valence electrons. The summed E-state index contributed by atoms with van der Waals surface area (Å²) in [5.74, 6) is 2.01. The molecule has 1 atom stereocenters. The van der Waals surface area contributed by atoms with Gasteiger partial charge in [0.25, 0.3) is 0 Å².